The third-order valence-electron chi connectivity index (χ3n) is 4.43. The third kappa shape index (κ3) is 4.13. The highest BCUT2D eigenvalue weighted by molar-refractivity contribution is 5.90. The van der Waals surface area contributed by atoms with Gasteiger partial charge >= 0.3 is 0 Å². The second-order valence-electron chi connectivity index (χ2n) is 6.16. The summed E-state index contributed by atoms with van der Waals surface area (Å²) in [6.07, 6.45) is 3.39. The molecular weight excluding hydrogens is 338 g/mol. The van der Waals surface area contributed by atoms with Crippen molar-refractivity contribution in [1.82, 2.24) is 14.9 Å². The molecule has 2 heterocycles. The number of benzene rings is 1. The number of carbonyl (C=O) groups excluding carboxylic acids is 1. The minimum Gasteiger partial charge on any atom is -0.353 e. The number of aromatic amines is 1. The first-order valence-electron chi connectivity index (χ1n) is 8.77. The number of aromatic nitrogens is 2. The van der Waals surface area contributed by atoms with Gasteiger partial charge in [0.15, 0.2) is 0 Å². The summed E-state index contributed by atoms with van der Waals surface area (Å²) >= 11 is 0. The first-order chi connectivity index (χ1) is 13.2. The molecule has 0 aliphatic heterocycles. The summed E-state index contributed by atoms with van der Waals surface area (Å²) in [5.74, 6) is -0.169. The molecule has 0 radical (unpaired) electrons. The van der Waals surface area contributed by atoms with Gasteiger partial charge in [-0.1, -0.05) is 24.3 Å². The number of fused-ring (bicyclic) bond motifs is 1. The minimum absolute atomic E-state index is 0.0569. The molecule has 0 fully saturated rings. The number of rotatable bonds is 7. The quantitative estimate of drug-likeness (QED) is 0.655. The molecular formula is C21H19N5O. The molecule has 0 aliphatic rings. The highest BCUT2D eigenvalue weighted by Gasteiger charge is 2.16. The van der Waals surface area contributed by atoms with E-state index >= 15 is 0 Å². The second kappa shape index (κ2) is 8.64. The van der Waals surface area contributed by atoms with Crippen LogP contribution in [0, 0.1) is 22.7 Å². The first-order valence-corrected chi connectivity index (χ1v) is 8.77. The number of nitrogens with zero attached hydrogens (tertiary/aromatic N) is 4. The van der Waals surface area contributed by atoms with E-state index in [4.69, 9.17) is 10.5 Å². The topological polar surface area (TPSA) is 96.6 Å². The molecule has 3 rings (SSSR count). The van der Waals surface area contributed by atoms with Gasteiger partial charge in [-0.25, -0.2) is 0 Å². The van der Waals surface area contributed by atoms with E-state index in [-0.39, 0.29) is 19.0 Å². The Hall–Kier alpha value is -3.64. The number of aryl methyl sites for hydroxylation is 1. The van der Waals surface area contributed by atoms with Crippen molar-refractivity contribution in [2.24, 2.45) is 0 Å². The lowest BCUT2D eigenvalue weighted by molar-refractivity contribution is -0.130. The minimum atomic E-state index is -0.169. The van der Waals surface area contributed by atoms with Crippen LogP contribution in [0.2, 0.25) is 0 Å². The molecule has 6 nitrogen and oxygen atoms in total. The molecule has 0 saturated carbocycles. The summed E-state index contributed by atoms with van der Waals surface area (Å²) in [4.78, 5) is 21.4. The SMILES string of the molecule is N#CCN(CC#N)C(=O)CCCc1c(-c2ccccn2)[nH]c2ccccc12. The van der Waals surface area contributed by atoms with Crippen LogP contribution in [0.3, 0.4) is 0 Å². The van der Waals surface area contributed by atoms with Gasteiger partial charge < -0.3 is 9.88 Å². The molecule has 0 aliphatic carbocycles. The van der Waals surface area contributed by atoms with E-state index in [0.717, 1.165) is 27.9 Å². The molecule has 6 heteroatoms. The molecule has 1 amide bonds. The maximum absolute atomic E-state index is 12.3. The Labute approximate surface area is 157 Å². The number of carbonyl (C=O) groups is 1. The average Bonchev–Trinajstić information content (AvgIpc) is 3.07. The number of amides is 1. The normalized spacial score (nSPS) is 10.3. The van der Waals surface area contributed by atoms with Crippen LogP contribution in [0.1, 0.15) is 18.4 Å². The van der Waals surface area contributed by atoms with Crippen molar-refractivity contribution in [2.75, 3.05) is 13.1 Å². The molecule has 2 aromatic heterocycles. The maximum atomic E-state index is 12.3. The van der Waals surface area contributed by atoms with E-state index in [1.54, 1.807) is 6.20 Å². The van der Waals surface area contributed by atoms with Crippen LogP contribution >= 0.6 is 0 Å². The summed E-state index contributed by atoms with van der Waals surface area (Å²) in [6, 6.07) is 17.7. The van der Waals surface area contributed by atoms with Crippen molar-refractivity contribution < 1.29 is 4.79 Å². The fourth-order valence-corrected chi connectivity index (χ4v) is 3.17. The lowest BCUT2D eigenvalue weighted by Gasteiger charge is -2.15. The van der Waals surface area contributed by atoms with Gasteiger partial charge in [0.2, 0.25) is 5.91 Å². The molecule has 0 atom stereocenters. The van der Waals surface area contributed by atoms with Crippen molar-refractivity contribution in [3.05, 3.63) is 54.2 Å². The largest absolute Gasteiger partial charge is 0.353 e. The molecule has 3 aromatic rings. The third-order valence-corrected chi connectivity index (χ3v) is 4.43. The van der Waals surface area contributed by atoms with E-state index in [1.807, 2.05) is 48.5 Å². The predicted molar refractivity (Wildman–Crippen MR) is 102 cm³/mol. The van der Waals surface area contributed by atoms with Gasteiger partial charge in [-0.15, -0.1) is 0 Å². The number of hydrogen-bond donors (Lipinski definition) is 1. The standard InChI is InChI=1S/C21H19N5O/c22-11-14-26(15-12-23)20(27)10-5-7-17-16-6-1-2-8-18(16)25-21(17)19-9-3-4-13-24-19/h1-4,6,8-9,13,25H,5,7,10,14-15H2. The Bertz CT molecular complexity index is 994. The summed E-state index contributed by atoms with van der Waals surface area (Å²) in [5, 5.41) is 18.7. The van der Waals surface area contributed by atoms with Gasteiger partial charge in [0, 0.05) is 23.5 Å². The monoisotopic (exact) mass is 357 g/mol. The van der Waals surface area contributed by atoms with Gasteiger partial charge in [-0.05, 0) is 36.6 Å². The molecule has 0 spiro atoms. The lowest BCUT2D eigenvalue weighted by Crippen LogP contribution is -2.31. The van der Waals surface area contributed by atoms with E-state index in [1.165, 1.54) is 4.90 Å². The summed E-state index contributed by atoms with van der Waals surface area (Å²) in [7, 11) is 0. The van der Waals surface area contributed by atoms with Crippen LogP contribution in [0.4, 0.5) is 0 Å². The summed E-state index contributed by atoms with van der Waals surface area (Å²) in [5.41, 5.74) is 4.00. The van der Waals surface area contributed by atoms with Gasteiger partial charge in [0.1, 0.15) is 13.1 Å². The fourth-order valence-electron chi connectivity index (χ4n) is 3.17. The highest BCUT2D eigenvalue weighted by atomic mass is 16.2. The fraction of sp³-hybridized carbons (Fsp3) is 0.238. The second-order valence-corrected chi connectivity index (χ2v) is 6.16. The zero-order valence-corrected chi connectivity index (χ0v) is 14.9. The van der Waals surface area contributed by atoms with Crippen LogP contribution in [0.5, 0.6) is 0 Å². The van der Waals surface area contributed by atoms with E-state index in [2.05, 4.69) is 16.0 Å². The Morgan fingerprint density at radius 3 is 2.52 bits per heavy atom. The Kier molecular flexibility index (Phi) is 5.81. The average molecular weight is 357 g/mol. The van der Waals surface area contributed by atoms with Gasteiger partial charge in [-0.2, -0.15) is 10.5 Å². The predicted octanol–water partition coefficient (Wildman–Crippen LogP) is 3.43. The first kappa shape index (κ1) is 18.2. The van der Waals surface area contributed by atoms with Crippen molar-refractivity contribution in [3.8, 4) is 23.5 Å². The zero-order valence-electron chi connectivity index (χ0n) is 14.9. The molecule has 0 unspecified atom stereocenters. The maximum Gasteiger partial charge on any atom is 0.224 e. The Balaban J connectivity index is 1.80. The van der Waals surface area contributed by atoms with Crippen LogP contribution in [-0.4, -0.2) is 33.9 Å². The summed E-state index contributed by atoms with van der Waals surface area (Å²) in [6.45, 7) is -0.114. The Morgan fingerprint density at radius 2 is 1.81 bits per heavy atom. The van der Waals surface area contributed by atoms with Crippen LogP contribution in [0.25, 0.3) is 22.3 Å². The number of hydrogen-bond acceptors (Lipinski definition) is 4. The van der Waals surface area contributed by atoms with Crippen molar-refractivity contribution in [1.29, 1.82) is 10.5 Å². The number of H-pyrrole nitrogens is 1. The molecule has 1 N–H and O–H groups in total. The molecule has 134 valence electrons. The number of pyridine rings is 1. The van der Waals surface area contributed by atoms with E-state index in [0.29, 0.717) is 19.3 Å². The molecule has 27 heavy (non-hydrogen) atoms. The van der Waals surface area contributed by atoms with Gasteiger partial charge in [0.05, 0.1) is 23.5 Å². The van der Waals surface area contributed by atoms with Crippen LogP contribution in [-0.2, 0) is 11.2 Å². The zero-order chi connectivity index (χ0) is 19.1. The highest BCUT2D eigenvalue weighted by Crippen LogP contribution is 2.30. The number of nitrogens with one attached hydrogen (secondary N) is 1. The number of nitriles is 2. The van der Waals surface area contributed by atoms with E-state index < -0.39 is 0 Å². The molecule has 0 bridgehead atoms. The smallest absolute Gasteiger partial charge is 0.224 e. The van der Waals surface area contributed by atoms with Crippen molar-refractivity contribution in [3.63, 3.8) is 0 Å². The molecule has 1 aromatic carbocycles. The Morgan fingerprint density at radius 1 is 1.07 bits per heavy atom. The van der Waals surface area contributed by atoms with E-state index in [9.17, 15) is 4.79 Å². The van der Waals surface area contributed by atoms with Crippen LogP contribution < -0.4 is 0 Å². The van der Waals surface area contributed by atoms with Crippen molar-refractivity contribution in [2.45, 2.75) is 19.3 Å². The van der Waals surface area contributed by atoms with Gasteiger partial charge in [0.25, 0.3) is 0 Å². The van der Waals surface area contributed by atoms with Crippen molar-refractivity contribution >= 4 is 16.8 Å². The summed E-state index contributed by atoms with van der Waals surface area (Å²) < 4.78 is 0. The van der Waals surface area contributed by atoms with Crippen LogP contribution in [0.15, 0.2) is 48.7 Å². The van der Waals surface area contributed by atoms with Gasteiger partial charge in [-0.3, -0.25) is 9.78 Å². The lowest BCUT2D eigenvalue weighted by atomic mass is 10.0. The number of para-hydroxylation sites is 1. The molecule has 0 saturated heterocycles.